The van der Waals surface area contributed by atoms with Gasteiger partial charge in [-0.05, 0) is 30.5 Å². The van der Waals surface area contributed by atoms with Crippen LogP contribution in [0.3, 0.4) is 0 Å². The predicted molar refractivity (Wildman–Crippen MR) is 72.3 cm³/mol. The lowest BCUT2D eigenvalue weighted by atomic mass is 10.2. The molecule has 90 valence electrons. The van der Waals surface area contributed by atoms with Gasteiger partial charge in [0.05, 0.1) is 0 Å². The van der Waals surface area contributed by atoms with Crippen LogP contribution in [0.1, 0.15) is 11.8 Å². The van der Waals surface area contributed by atoms with Gasteiger partial charge in [0, 0.05) is 24.4 Å². The van der Waals surface area contributed by atoms with Crippen molar-refractivity contribution in [2.75, 3.05) is 17.7 Å². The van der Waals surface area contributed by atoms with Crippen molar-refractivity contribution >= 4 is 23.0 Å². The number of aromatic nitrogens is 2. The number of likely N-dealkylation sites (N-methyl/N-ethyl adjacent to an activating group) is 1. The Morgan fingerprint density at radius 3 is 2.76 bits per heavy atom. The maximum absolute atomic E-state index is 5.52. The van der Waals surface area contributed by atoms with Gasteiger partial charge in [-0.25, -0.2) is 0 Å². The van der Waals surface area contributed by atoms with Crippen LogP contribution in [0.5, 0.6) is 0 Å². The van der Waals surface area contributed by atoms with Crippen LogP contribution >= 0.6 is 11.3 Å². The normalized spacial score (nSPS) is 12.4. The maximum Gasteiger partial charge on any atom is 0.151 e. The van der Waals surface area contributed by atoms with Gasteiger partial charge in [-0.2, -0.15) is 0 Å². The lowest BCUT2D eigenvalue weighted by Gasteiger charge is -2.25. The number of anilines is 2. The van der Waals surface area contributed by atoms with Gasteiger partial charge >= 0.3 is 0 Å². The zero-order valence-corrected chi connectivity index (χ0v) is 10.8. The number of nitrogen functional groups attached to an aromatic ring is 1. The number of thiophene rings is 1. The van der Waals surface area contributed by atoms with Gasteiger partial charge in [0.1, 0.15) is 5.82 Å². The molecule has 2 N–H and O–H groups in total. The van der Waals surface area contributed by atoms with Gasteiger partial charge < -0.3 is 10.6 Å². The van der Waals surface area contributed by atoms with E-state index in [2.05, 4.69) is 39.5 Å². The summed E-state index contributed by atoms with van der Waals surface area (Å²) < 4.78 is 0. The van der Waals surface area contributed by atoms with Crippen LogP contribution in [0.25, 0.3) is 0 Å². The third kappa shape index (κ3) is 2.94. The molecule has 1 atom stereocenters. The quantitative estimate of drug-likeness (QED) is 0.901. The van der Waals surface area contributed by atoms with Gasteiger partial charge in [0.15, 0.2) is 5.82 Å². The highest BCUT2D eigenvalue weighted by molar-refractivity contribution is 7.09. The summed E-state index contributed by atoms with van der Waals surface area (Å²) in [7, 11) is 2.03. The Morgan fingerprint density at radius 1 is 1.35 bits per heavy atom. The fourth-order valence-corrected chi connectivity index (χ4v) is 2.43. The molecule has 0 radical (unpaired) electrons. The Balaban J connectivity index is 2.04. The molecule has 2 rings (SSSR count). The first-order valence-corrected chi connectivity index (χ1v) is 6.39. The minimum atomic E-state index is 0.381. The summed E-state index contributed by atoms with van der Waals surface area (Å²) >= 11 is 1.78. The Morgan fingerprint density at radius 2 is 2.18 bits per heavy atom. The predicted octanol–water partition coefficient (Wildman–Crippen LogP) is 2.19. The average Bonchev–Trinajstić information content (AvgIpc) is 2.82. The molecule has 1 unspecified atom stereocenters. The van der Waals surface area contributed by atoms with E-state index in [1.807, 2.05) is 13.1 Å². The van der Waals surface area contributed by atoms with Crippen molar-refractivity contribution in [3.8, 4) is 0 Å². The second-order valence-electron chi connectivity index (χ2n) is 4.06. The van der Waals surface area contributed by atoms with E-state index in [-0.39, 0.29) is 0 Å². The maximum atomic E-state index is 5.52. The van der Waals surface area contributed by atoms with E-state index in [4.69, 9.17) is 5.73 Å². The van der Waals surface area contributed by atoms with Gasteiger partial charge in [-0.1, -0.05) is 6.07 Å². The van der Waals surface area contributed by atoms with Crippen molar-refractivity contribution in [3.05, 3.63) is 34.5 Å². The summed E-state index contributed by atoms with van der Waals surface area (Å²) in [6.07, 6.45) is 1.01. The fourth-order valence-electron chi connectivity index (χ4n) is 1.61. The van der Waals surface area contributed by atoms with E-state index in [9.17, 15) is 0 Å². The highest BCUT2D eigenvalue weighted by atomic mass is 32.1. The third-order valence-electron chi connectivity index (χ3n) is 2.77. The molecule has 0 bridgehead atoms. The van der Waals surface area contributed by atoms with Crippen LogP contribution in [0.4, 0.5) is 11.6 Å². The molecule has 5 heteroatoms. The van der Waals surface area contributed by atoms with Crippen molar-refractivity contribution in [1.29, 1.82) is 0 Å². The van der Waals surface area contributed by atoms with Gasteiger partial charge in [0.25, 0.3) is 0 Å². The Bertz CT molecular complexity index is 452. The van der Waals surface area contributed by atoms with Crippen LogP contribution in [0, 0.1) is 0 Å². The van der Waals surface area contributed by atoms with Crippen LogP contribution < -0.4 is 10.6 Å². The summed E-state index contributed by atoms with van der Waals surface area (Å²) in [6.45, 7) is 2.18. The minimum Gasteiger partial charge on any atom is -0.382 e. The molecule has 2 heterocycles. The van der Waals surface area contributed by atoms with Gasteiger partial charge in [0.2, 0.25) is 0 Å². The second-order valence-corrected chi connectivity index (χ2v) is 5.09. The lowest BCUT2D eigenvalue weighted by molar-refractivity contribution is 0.675. The Hall–Kier alpha value is -1.62. The summed E-state index contributed by atoms with van der Waals surface area (Å²) in [4.78, 5) is 3.50. The number of nitrogens with zero attached hydrogens (tertiary/aromatic N) is 3. The zero-order chi connectivity index (χ0) is 12.3. The standard InChI is InChI=1S/C12H16N4S/c1-9(8-10-4-3-7-17-10)16(2)12-6-5-11(13)14-15-12/h3-7,9H,8H2,1-2H3,(H2,13,14). The first-order valence-electron chi connectivity index (χ1n) is 5.51. The molecule has 2 aromatic heterocycles. The van der Waals surface area contributed by atoms with E-state index in [1.54, 1.807) is 17.4 Å². The molecule has 0 spiro atoms. The minimum absolute atomic E-state index is 0.381. The first kappa shape index (κ1) is 11.9. The molecular formula is C12H16N4S. The second kappa shape index (κ2) is 5.14. The van der Waals surface area contributed by atoms with Crippen molar-refractivity contribution in [2.45, 2.75) is 19.4 Å². The highest BCUT2D eigenvalue weighted by Gasteiger charge is 2.12. The molecule has 0 saturated carbocycles. The lowest BCUT2D eigenvalue weighted by Crippen LogP contribution is -2.31. The van der Waals surface area contributed by atoms with Crippen LogP contribution in [-0.2, 0) is 6.42 Å². The molecule has 0 aliphatic carbocycles. The fraction of sp³-hybridized carbons (Fsp3) is 0.333. The average molecular weight is 248 g/mol. The summed E-state index contributed by atoms with van der Waals surface area (Å²) in [5.74, 6) is 1.30. The Labute approximate surface area is 105 Å². The number of rotatable bonds is 4. The highest BCUT2D eigenvalue weighted by Crippen LogP contribution is 2.17. The number of nitrogens with two attached hydrogens (primary N) is 1. The smallest absolute Gasteiger partial charge is 0.151 e. The molecule has 0 aliphatic rings. The summed E-state index contributed by atoms with van der Waals surface area (Å²) in [6, 6.07) is 8.29. The van der Waals surface area contributed by atoms with Crippen LogP contribution in [0.15, 0.2) is 29.6 Å². The van der Waals surface area contributed by atoms with E-state index in [1.165, 1.54) is 4.88 Å². The molecule has 2 aromatic rings. The monoisotopic (exact) mass is 248 g/mol. The molecule has 17 heavy (non-hydrogen) atoms. The third-order valence-corrected chi connectivity index (χ3v) is 3.67. The van der Waals surface area contributed by atoms with Crippen molar-refractivity contribution in [1.82, 2.24) is 10.2 Å². The summed E-state index contributed by atoms with van der Waals surface area (Å²) in [5.41, 5.74) is 5.52. The topological polar surface area (TPSA) is 55.0 Å². The van der Waals surface area contributed by atoms with Crippen LogP contribution in [0.2, 0.25) is 0 Å². The van der Waals surface area contributed by atoms with Gasteiger partial charge in [-0.3, -0.25) is 0 Å². The largest absolute Gasteiger partial charge is 0.382 e. The van der Waals surface area contributed by atoms with Crippen molar-refractivity contribution in [3.63, 3.8) is 0 Å². The molecule has 0 amide bonds. The number of hydrogen-bond donors (Lipinski definition) is 1. The molecule has 0 saturated heterocycles. The SMILES string of the molecule is CC(Cc1cccs1)N(C)c1ccc(N)nn1. The molecule has 0 fully saturated rings. The van der Waals surface area contributed by atoms with E-state index >= 15 is 0 Å². The van der Waals surface area contributed by atoms with E-state index < -0.39 is 0 Å². The Kier molecular flexibility index (Phi) is 3.58. The summed E-state index contributed by atoms with van der Waals surface area (Å²) in [5, 5.41) is 10.1. The molecule has 4 nitrogen and oxygen atoms in total. The number of hydrogen-bond acceptors (Lipinski definition) is 5. The first-order chi connectivity index (χ1) is 8.16. The van der Waals surface area contributed by atoms with Crippen LogP contribution in [-0.4, -0.2) is 23.3 Å². The molecule has 0 aliphatic heterocycles. The van der Waals surface area contributed by atoms with E-state index in [0.717, 1.165) is 12.2 Å². The zero-order valence-electron chi connectivity index (χ0n) is 10.00. The molecule has 0 aromatic carbocycles. The molecular weight excluding hydrogens is 232 g/mol. The van der Waals surface area contributed by atoms with Gasteiger partial charge in [-0.15, -0.1) is 21.5 Å². The van der Waals surface area contributed by atoms with E-state index in [0.29, 0.717) is 11.9 Å². The van der Waals surface area contributed by atoms with Crippen molar-refractivity contribution in [2.24, 2.45) is 0 Å². The van der Waals surface area contributed by atoms with Crippen molar-refractivity contribution < 1.29 is 0 Å².